The molecule has 0 unspecified atom stereocenters. The molecule has 0 radical (unpaired) electrons. The summed E-state index contributed by atoms with van der Waals surface area (Å²) in [5.74, 6) is 0.250. The predicted molar refractivity (Wildman–Crippen MR) is 121 cm³/mol. The van der Waals surface area contributed by atoms with Crippen LogP contribution in [0, 0.1) is 0 Å². The van der Waals surface area contributed by atoms with E-state index >= 15 is 0 Å². The number of para-hydroxylation sites is 2. The number of amides is 1. The summed E-state index contributed by atoms with van der Waals surface area (Å²) < 4.78 is 1.93. The van der Waals surface area contributed by atoms with E-state index in [1.54, 1.807) is 0 Å². The molecule has 2 aromatic heterocycles. The Morgan fingerprint density at radius 2 is 1.70 bits per heavy atom. The van der Waals surface area contributed by atoms with Gasteiger partial charge in [-0.3, -0.25) is 4.79 Å². The van der Waals surface area contributed by atoms with Gasteiger partial charge in [0, 0.05) is 13.1 Å². The number of carbonyl (C=O) groups excluding carboxylic acids is 1. The molecule has 2 aromatic carbocycles. The maximum absolute atomic E-state index is 13.0. The first kappa shape index (κ1) is 19.9. The molecule has 1 amide bonds. The summed E-state index contributed by atoms with van der Waals surface area (Å²) in [6.45, 7) is 3.42. The molecule has 4 aromatic rings. The Balaban J connectivity index is 1.60. The van der Waals surface area contributed by atoms with Gasteiger partial charge in [0.1, 0.15) is 16.9 Å². The van der Waals surface area contributed by atoms with Gasteiger partial charge in [0.25, 0.3) is 5.91 Å². The predicted octanol–water partition coefficient (Wildman–Crippen LogP) is 4.33. The molecule has 4 rings (SSSR count). The molecule has 0 atom stereocenters. The van der Waals surface area contributed by atoms with E-state index in [1.165, 1.54) is 5.56 Å². The van der Waals surface area contributed by atoms with Gasteiger partial charge in [-0.2, -0.15) is 0 Å². The van der Waals surface area contributed by atoms with Gasteiger partial charge in [-0.1, -0.05) is 55.8 Å². The van der Waals surface area contributed by atoms with Crippen LogP contribution in [0.5, 0.6) is 0 Å². The zero-order chi connectivity index (χ0) is 20.9. The SMILES string of the molecule is CCCCn1c(N)c(C(=O)NCCCc2ccccc2)c2nc3ccccc3nc21. The third-order valence-corrected chi connectivity index (χ3v) is 5.32. The quantitative estimate of drug-likeness (QED) is 0.430. The number of nitrogen functional groups attached to an aromatic ring is 1. The van der Waals surface area contributed by atoms with Gasteiger partial charge in [0.15, 0.2) is 5.65 Å². The number of benzene rings is 2. The van der Waals surface area contributed by atoms with Crippen molar-refractivity contribution >= 4 is 33.9 Å². The van der Waals surface area contributed by atoms with Crippen LogP contribution in [0.2, 0.25) is 0 Å². The van der Waals surface area contributed by atoms with Crippen LogP contribution in [0.1, 0.15) is 42.1 Å². The van der Waals surface area contributed by atoms with E-state index in [1.807, 2.05) is 47.0 Å². The average Bonchev–Trinajstić information content (AvgIpc) is 3.04. The van der Waals surface area contributed by atoms with Crippen LogP contribution >= 0.6 is 0 Å². The Kier molecular flexibility index (Phi) is 5.93. The van der Waals surface area contributed by atoms with E-state index in [9.17, 15) is 4.79 Å². The van der Waals surface area contributed by atoms with E-state index in [4.69, 9.17) is 15.7 Å². The second-order valence-corrected chi connectivity index (χ2v) is 7.50. The Morgan fingerprint density at radius 3 is 2.43 bits per heavy atom. The van der Waals surface area contributed by atoms with Gasteiger partial charge in [-0.25, -0.2) is 9.97 Å². The van der Waals surface area contributed by atoms with E-state index in [2.05, 4.69) is 24.4 Å². The fourth-order valence-electron chi connectivity index (χ4n) is 3.71. The fourth-order valence-corrected chi connectivity index (χ4v) is 3.71. The van der Waals surface area contributed by atoms with Gasteiger partial charge in [-0.15, -0.1) is 0 Å². The van der Waals surface area contributed by atoms with Crippen molar-refractivity contribution in [3.8, 4) is 0 Å². The van der Waals surface area contributed by atoms with Crippen molar-refractivity contribution in [1.82, 2.24) is 19.9 Å². The van der Waals surface area contributed by atoms with Crippen molar-refractivity contribution in [1.29, 1.82) is 0 Å². The number of carbonyl (C=O) groups is 1. The summed E-state index contributed by atoms with van der Waals surface area (Å²) in [4.78, 5) is 22.6. The minimum atomic E-state index is -0.189. The number of nitrogens with zero attached hydrogens (tertiary/aromatic N) is 3. The molecule has 154 valence electrons. The summed E-state index contributed by atoms with van der Waals surface area (Å²) in [5.41, 5.74) is 10.9. The summed E-state index contributed by atoms with van der Waals surface area (Å²) >= 11 is 0. The van der Waals surface area contributed by atoms with E-state index in [-0.39, 0.29) is 5.91 Å². The third kappa shape index (κ3) is 3.99. The number of nitrogens with two attached hydrogens (primary N) is 1. The number of nitrogens with one attached hydrogen (secondary N) is 1. The molecule has 0 aliphatic heterocycles. The standard InChI is InChI=1S/C24H27N5O/c1-2-3-16-29-22(25)20(21-23(29)28-19-14-8-7-13-18(19)27-21)24(30)26-15-9-12-17-10-5-4-6-11-17/h4-8,10-11,13-14H,2-3,9,12,15-16,25H2,1H3,(H,26,30). The number of hydrogen-bond donors (Lipinski definition) is 2. The average molecular weight is 402 g/mol. The number of aryl methyl sites for hydroxylation is 2. The Morgan fingerprint density at radius 1 is 1.00 bits per heavy atom. The normalized spacial score (nSPS) is 11.2. The van der Waals surface area contributed by atoms with Crippen LogP contribution in [-0.4, -0.2) is 27.0 Å². The lowest BCUT2D eigenvalue weighted by molar-refractivity contribution is 0.0955. The van der Waals surface area contributed by atoms with Gasteiger partial charge >= 0.3 is 0 Å². The number of unbranched alkanes of at least 4 members (excludes halogenated alkanes) is 1. The maximum Gasteiger partial charge on any atom is 0.257 e. The highest BCUT2D eigenvalue weighted by Crippen LogP contribution is 2.28. The Hall–Kier alpha value is -3.41. The van der Waals surface area contributed by atoms with E-state index < -0.39 is 0 Å². The third-order valence-electron chi connectivity index (χ3n) is 5.32. The molecule has 0 aliphatic rings. The van der Waals surface area contributed by atoms with Crippen LogP contribution in [0.3, 0.4) is 0 Å². The second kappa shape index (κ2) is 8.95. The molecule has 0 fully saturated rings. The van der Waals surface area contributed by atoms with E-state index in [0.717, 1.165) is 36.7 Å². The molecule has 0 aliphatic carbocycles. The van der Waals surface area contributed by atoms with E-state index in [0.29, 0.717) is 35.6 Å². The van der Waals surface area contributed by atoms with Crippen molar-refractivity contribution in [2.75, 3.05) is 12.3 Å². The van der Waals surface area contributed by atoms with Crippen molar-refractivity contribution in [2.45, 2.75) is 39.2 Å². The molecular formula is C24H27N5O. The van der Waals surface area contributed by atoms with Gasteiger partial charge < -0.3 is 15.6 Å². The zero-order valence-electron chi connectivity index (χ0n) is 17.3. The molecule has 0 bridgehead atoms. The Bertz CT molecular complexity index is 1170. The highest BCUT2D eigenvalue weighted by Gasteiger charge is 2.23. The lowest BCUT2D eigenvalue weighted by Gasteiger charge is -2.07. The van der Waals surface area contributed by atoms with Crippen LogP contribution in [0.25, 0.3) is 22.2 Å². The number of aromatic nitrogens is 3. The fraction of sp³-hybridized carbons (Fsp3) is 0.292. The lowest BCUT2D eigenvalue weighted by atomic mass is 10.1. The molecule has 6 nitrogen and oxygen atoms in total. The minimum Gasteiger partial charge on any atom is -0.384 e. The topological polar surface area (TPSA) is 85.8 Å². The molecular weight excluding hydrogens is 374 g/mol. The molecule has 2 heterocycles. The van der Waals surface area contributed by atoms with Crippen LogP contribution in [0.15, 0.2) is 54.6 Å². The van der Waals surface area contributed by atoms with Crippen molar-refractivity contribution in [3.05, 3.63) is 65.7 Å². The highest BCUT2D eigenvalue weighted by molar-refractivity contribution is 6.10. The molecule has 30 heavy (non-hydrogen) atoms. The monoisotopic (exact) mass is 401 g/mol. The summed E-state index contributed by atoms with van der Waals surface area (Å²) in [7, 11) is 0. The van der Waals surface area contributed by atoms with Crippen LogP contribution in [-0.2, 0) is 13.0 Å². The number of fused-ring (bicyclic) bond motifs is 2. The van der Waals surface area contributed by atoms with Crippen LogP contribution in [0.4, 0.5) is 5.82 Å². The lowest BCUT2D eigenvalue weighted by Crippen LogP contribution is -2.25. The second-order valence-electron chi connectivity index (χ2n) is 7.50. The summed E-state index contributed by atoms with van der Waals surface area (Å²) in [6, 6.07) is 18.0. The van der Waals surface area contributed by atoms with Crippen molar-refractivity contribution in [3.63, 3.8) is 0 Å². The van der Waals surface area contributed by atoms with Gasteiger partial charge in [0.2, 0.25) is 0 Å². The summed E-state index contributed by atoms with van der Waals surface area (Å²) in [5, 5.41) is 3.02. The minimum absolute atomic E-state index is 0.189. The molecule has 3 N–H and O–H groups in total. The van der Waals surface area contributed by atoms with Gasteiger partial charge in [-0.05, 0) is 37.0 Å². The first-order chi connectivity index (χ1) is 14.7. The number of anilines is 1. The zero-order valence-corrected chi connectivity index (χ0v) is 17.3. The number of hydrogen-bond acceptors (Lipinski definition) is 4. The van der Waals surface area contributed by atoms with Crippen LogP contribution < -0.4 is 11.1 Å². The smallest absolute Gasteiger partial charge is 0.257 e. The maximum atomic E-state index is 13.0. The molecule has 0 saturated heterocycles. The first-order valence-electron chi connectivity index (χ1n) is 10.6. The molecule has 0 spiro atoms. The van der Waals surface area contributed by atoms with Gasteiger partial charge in [0.05, 0.1) is 11.0 Å². The van der Waals surface area contributed by atoms with Crippen molar-refractivity contribution in [2.24, 2.45) is 0 Å². The Labute approximate surface area is 176 Å². The molecule has 6 heteroatoms. The number of rotatable bonds is 8. The largest absolute Gasteiger partial charge is 0.384 e. The highest BCUT2D eigenvalue weighted by atomic mass is 16.1. The molecule has 0 saturated carbocycles. The summed E-state index contributed by atoms with van der Waals surface area (Å²) in [6.07, 6.45) is 3.76. The van der Waals surface area contributed by atoms with Crippen molar-refractivity contribution < 1.29 is 4.79 Å². The first-order valence-corrected chi connectivity index (χ1v) is 10.6.